The van der Waals surface area contributed by atoms with E-state index in [4.69, 9.17) is 5.26 Å². The molecule has 1 aromatic carbocycles. The molecule has 1 aromatic heterocycles. The molecule has 0 saturated heterocycles. The molecule has 2 aromatic rings. The molecule has 0 amide bonds. The molecule has 0 radical (unpaired) electrons. The predicted octanol–water partition coefficient (Wildman–Crippen LogP) is 4.20. The number of hydrogen-bond donors (Lipinski definition) is 0. The first-order valence-electron chi connectivity index (χ1n) is 5.30. The molecule has 4 heteroatoms. The zero-order valence-corrected chi connectivity index (χ0v) is 11.1. The quantitative estimate of drug-likeness (QED) is 0.773. The van der Waals surface area contributed by atoms with E-state index in [9.17, 15) is 0 Å². The highest BCUT2D eigenvalue weighted by Gasteiger charge is 2.14. The van der Waals surface area contributed by atoms with Crippen LogP contribution in [-0.4, -0.2) is 4.98 Å². The highest BCUT2D eigenvalue weighted by molar-refractivity contribution is 8.01. The van der Waals surface area contributed by atoms with Crippen molar-refractivity contribution in [3.05, 3.63) is 47.0 Å². The van der Waals surface area contributed by atoms with Gasteiger partial charge in [0.1, 0.15) is 0 Å². The van der Waals surface area contributed by atoms with Crippen LogP contribution in [0.3, 0.4) is 0 Å². The summed E-state index contributed by atoms with van der Waals surface area (Å²) in [6, 6.07) is 12.4. The average Bonchev–Trinajstić information content (AvgIpc) is 2.75. The van der Waals surface area contributed by atoms with Crippen molar-refractivity contribution in [1.82, 2.24) is 4.98 Å². The third-order valence-electron chi connectivity index (χ3n) is 2.29. The molecule has 86 valence electrons. The van der Waals surface area contributed by atoms with Crippen LogP contribution in [0.5, 0.6) is 0 Å². The second-order valence-corrected chi connectivity index (χ2v) is 5.94. The second-order valence-electron chi connectivity index (χ2n) is 3.63. The van der Waals surface area contributed by atoms with E-state index in [1.54, 1.807) is 23.1 Å². The van der Waals surface area contributed by atoms with Crippen LogP contribution in [-0.2, 0) is 0 Å². The SMILES string of the molecule is Cc1csc(SC(CC#N)c2ccccc2)n1. The van der Waals surface area contributed by atoms with E-state index >= 15 is 0 Å². The molecule has 1 unspecified atom stereocenters. The van der Waals surface area contributed by atoms with Gasteiger partial charge in [-0.05, 0) is 12.5 Å². The minimum absolute atomic E-state index is 0.173. The molecule has 2 rings (SSSR count). The number of aromatic nitrogens is 1. The molecule has 1 heterocycles. The lowest BCUT2D eigenvalue weighted by Crippen LogP contribution is -1.92. The minimum Gasteiger partial charge on any atom is -0.235 e. The van der Waals surface area contributed by atoms with E-state index < -0.39 is 0 Å². The fraction of sp³-hybridized carbons (Fsp3) is 0.231. The van der Waals surface area contributed by atoms with Crippen LogP contribution in [0.15, 0.2) is 40.1 Å². The number of thioether (sulfide) groups is 1. The molecule has 17 heavy (non-hydrogen) atoms. The largest absolute Gasteiger partial charge is 0.235 e. The molecule has 0 aliphatic heterocycles. The Morgan fingerprint density at radius 1 is 1.41 bits per heavy atom. The van der Waals surface area contributed by atoms with E-state index in [1.807, 2.05) is 30.5 Å². The molecule has 0 N–H and O–H groups in total. The van der Waals surface area contributed by atoms with Gasteiger partial charge in [0, 0.05) is 16.3 Å². The Morgan fingerprint density at radius 3 is 2.76 bits per heavy atom. The third-order valence-corrected chi connectivity index (χ3v) is 4.63. The van der Waals surface area contributed by atoms with Gasteiger partial charge in [-0.25, -0.2) is 4.98 Å². The van der Waals surface area contributed by atoms with Crippen molar-refractivity contribution in [3.8, 4) is 6.07 Å². The highest BCUT2D eigenvalue weighted by Crippen LogP contribution is 2.38. The van der Waals surface area contributed by atoms with E-state index in [0.29, 0.717) is 6.42 Å². The number of rotatable bonds is 4. The molecule has 1 atom stereocenters. The fourth-order valence-corrected chi connectivity index (χ4v) is 3.61. The summed E-state index contributed by atoms with van der Waals surface area (Å²) < 4.78 is 1.03. The van der Waals surface area contributed by atoms with Gasteiger partial charge in [-0.3, -0.25) is 0 Å². The minimum atomic E-state index is 0.173. The van der Waals surface area contributed by atoms with Crippen LogP contribution < -0.4 is 0 Å². The van der Waals surface area contributed by atoms with E-state index in [2.05, 4.69) is 23.2 Å². The Labute approximate surface area is 109 Å². The van der Waals surface area contributed by atoms with Gasteiger partial charge in [-0.1, -0.05) is 42.1 Å². The maximum Gasteiger partial charge on any atom is 0.150 e. The maximum atomic E-state index is 8.90. The van der Waals surface area contributed by atoms with Gasteiger partial charge in [0.25, 0.3) is 0 Å². The second kappa shape index (κ2) is 5.85. The number of benzene rings is 1. The average molecular weight is 260 g/mol. The number of aryl methyl sites for hydroxylation is 1. The smallest absolute Gasteiger partial charge is 0.150 e. The molecule has 0 aliphatic rings. The van der Waals surface area contributed by atoms with Gasteiger partial charge in [0.05, 0.1) is 12.5 Å². The van der Waals surface area contributed by atoms with E-state index in [-0.39, 0.29) is 5.25 Å². The lowest BCUT2D eigenvalue weighted by molar-refractivity contribution is 0.974. The Bertz CT molecular complexity index is 514. The van der Waals surface area contributed by atoms with Crippen LogP contribution in [0.1, 0.15) is 22.9 Å². The number of nitriles is 1. The summed E-state index contributed by atoms with van der Waals surface area (Å²) in [5.74, 6) is 0. The molecule has 0 bridgehead atoms. The normalized spacial score (nSPS) is 12.0. The van der Waals surface area contributed by atoms with Gasteiger partial charge in [0.2, 0.25) is 0 Å². The van der Waals surface area contributed by atoms with Gasteiger partial charge in [-0.15, -0.1) is 11.3 Å². The first-order chi connectivity index (χ1) is 8.29. The molecule has 0 saturated carbocycles. The van der Waals surface area contributed by atoms with Crippen LogP contribution in [0.2, 0.25) is 0 Å². The topological polar surface area (TPSA) is 36.7 Å². The van der Waals surface area contributed by atoms with Crippen LogP contribution >= 0.6 is 23.1 Å². The zero-order chi connectivity index (χ0) is 12.1. The lowest BCUT2D eigenvalue weighted by atomic mass is 10.1. The van der Waals surface area contributed by atoms with Gasteiger partial charge >= 0.3 is 0 Å². The van der Waals surface area contributed by atoms with Crippen LogP contribution in [0.4, 0.5) is 0 Å². The number of nitrogens with zero attached hydrogens (tertiary/aromatic N) is 2. The maximum absolute atomic E-state index is 8.90. The molecular weight excluding hydrogens is 248 g/mol. The van der Waals surface area contributed by atoms with Crippen molar-refractivity contribution in [2.75, 3.05) is 0 Å². The summed E-state index contributed by atoms with van der Waals surface area (Å²) in [6.07, 6.45) is 0.507. The first-order valence-corrected chi connectivity index (χ1v) is 7.06. The van der Waals surface area contributed by atoms with Crippen LogP contribution in [0, 0.1) is 18.3 Å². The molecule has 0 fully saturated rings. The number of hydrogen-bond acceptors (Lipinski definition) is 4. The zero-order valence-electron chi connectivity index (χ0n) is 9.46. The monoisotopic (exact) mass is 260 g/mol. The molecular formula is C13H12N2S2. The highest BCUT2D eigenvalue weighted by atomic mass is 32.2. The van der Waals surface area contributed by atoms with Crippen molar-refractivity contribution in [3.63, 3.8) is 0 Å². The lowest BCUT2D eigenvalue weighted by Gasteiger charge is -2.11. The van der Waals surface area contributed by atoms with Crippen molar-refractivity contribution in [1.29, 1.82) is 5.26 Å². The van der Waals surface area contributed by atoms with Crippen LogP contribution in [0.25, 0.3) is 0 Å². The van der Waals surface area contributed by atoms with E-state index in [1.165, 1.54) is 5.56 Å². The van der Waals surface area contributed by atoms with Gasteiger partial charge in [0.15, 0.2) is 4.34 Å². The summed E-state index contributed by atoms with van der Waals surface area (Å²) in [5, 5.41) is 11.1. The third kappa shape index (κ3) is 3.32. The Kier molecular flexibility index (Phi) is 4.18. The summed E-state index contributed by atoms with van der Waals surface area (Å²) in [7, 11) is 0. The van der Waals surface area contributed by atoms with Crippen molar-refractivity contribution in [2.45, 2.75) is 22.9 Å². The first kappa shape index (κ1) is 12.2. The van der Waals surface area contributed by atoms with Crippen molar-refractivity contribution < 1.29 is 0 Å². The van der Waals surface area contributed by atoms with Gasteiger partial charge in [-0.2, -0.15) is 5.26 Å². The number of thiazole rings is 1. The Balaban J connectivity index is 2.16. The summed E-state index contributed by atoms with van der Waals surface area (Å²) >= 11 is 3.31. The molecule has 2 nitrogen and oxygen atoms in total. The Morgan fingerprint density at radius 2 is 2.18 bits per heavy atom. The fourth-order valence-electron chi connectivity index (χ4n) is 1.49. The van der Waals surface area contributed by atoms with Crippen molar-refractivity contribution in [2.24, 2.45) is 0 Å². The van der Waals surface area contributed by atoms with E-state index in [0.717, 1.165) is 10.0 Å². The van der Waals surface area contributed by atoms with Crippen molar-refractivity contribution >= 4 is 23.1 Å². The molecule has 0 aliphatic carbocycles. The Hall–Kier alpha value is -1.31. The van der Waals surface area contributed by atoms with Gasteiger partial charge < -0.3 is 0 Å². The molecule has 0 spiro atoms. The standard InChI is InChI=1S/C13H12N2S2/c1-10-9-16-13(15-10)17-12(7-8-14)11-5-3-2-4-6-11/h2-6,9,12H,7H2,1H3. The summed E-state index contributed by atoms with van der Waals surface area (Å²) in [5.41, 5.74) is 2.23. The summed E-state index contributed by atoms with van der Waals surface area (Å²) in [6.45, 7) is 1.99. The predicted molar refractivity (Wildman–Crippen MR) is 72.1 cm³/mol. The summed E-state index contributed by atoms with van der Waals surface area (Å²) in [4.78, 5) is 4.43.